The molecule has 0 saturated heterocycles. The van der Waals surface area contributed by atoms with Gasteiger partial charge in [-0.3, -0.25) is 24.6 Å². The van der Waals surface area contributed by atoms with Gasteiger partial charge >= 0.3 is 5.97 Å². The summed E-state index contributed by atoms with van der Waals surface area (Å²) in [4.78, 5) is 46.8. The molecule has 10 heteroatoms. The van der Waals surface area contributed by atoms with Gasteiger partial charge in [0.25, 0.3) is 17.5 Å². The maximum Gasteiger partial charge on any atom is 0.340 e. The van der Waals surface area contributed by atoms with E-state index in [-0.39, 0.29) is 23.5 Å². The number of carbonyl (C=O) groups is 3. The van der Waals surface area contributed by atoms with Gasteiger partial charge in [-0.15, -0.1) is 0 Å². The van der Waals surface area contributed by atoms with Crippen molar-refractivity contribution < 1.29 is 29.2 Å². The van der Waals surface area contributed by atoms with Crippen LogP contribution in [0.4, 0.5) is 11.4 Å². The fourth-order valence-corrected chi connectivity index (χ4v) is 2.15. The standard InChI is InChI=1S/C14H13N3O7/c1-24-14(21)8-3-2-4-10(17(22)23)12(8)15-9-7-11(19)16(5-6-18)13(9)20/h2-4,7,15,18H,5-6H2,1H3. The summed E-state index contributed by atoms with van der Waals surface area (Å²) in [5, 5.41) is 22.5. The van der Waals surface area contributed by atoms with Crippen molar-refractivity contribution in [3.63, 3.8) is 0 Å². The van der Waals surface area contributed by atoms with Crippen molar-refractivity contribution in [2.45, 2.75) is 0 Å². The van der Waals surface area contributed by atoms with Crippen LogP contribution in [0.3, 0.4) is 0 Å². The van der Waals surface area contributed by atoms with Crippen LogP contribution < -0.4 is 5.32 Å². The van der Waals surface area contributed by atoms with Crippen molar-refractivity contribution in [2.24, 2.45) is 0 Å². The Morgan fingerprint density at radius 1 is 1.42 bits per heavy atom. The van der Waals surface area contributed by atoms with Crippen LogP contribution in [-0.4, -0.2) is 53.0 Å². The number of esters is 1. The van der Waals surface area contributed by atoms with Gasteiger partial charge in [0.15, 0.2) is 0 Å². The lowest BCUT2D eigenvalue weighted by Gasteiger charge is -2.14. The number of anilines is 1. The molecule has 0 radical (unpaired) electrons. The summed E-state index contributed by atoms with van der Waals surface area (Å²) >= 11 is 0. The van der Waals surface area contributed by atoms with Gasteiger partial charge in [-0.1, -0.05) is 6.07 Å². The van der Waals surface area contributed by atoms with Gasteiger partial charge in [0.1, 0.15) is 11.4 Å². The number of aliphatic hydroxyl groups is 1. The van der Waals surface area contributed by atoms with Crippen molar-refractivity contribution in [3.05, 3.63) is 45.6 Å². The molecule has 1 aromatic rings. The van der Waals surface area contributed by atoms with Crippen molar-refractivity contribution in [2.75, 3.05) is 25.6 Å². The Kier molecular flexibility index (Phi) is 4.90. The highest BCUT2D eigenvalue weighted by Gasteiger charge is 2.33. The highest BCUT2D eigenvalue weighted by atomic mass is 16.6. The minimum Gasteiger partial charge on any atom is -0.465 e. The normalized spacial score (nSPS) is 13.8. The first-order valence-corrected chi connectivity index (χ1v) is 6.71. The summed E-state index contributed by atoms with van der Waals surface area (Å²) in [5.74, 6) is -2.27. The monoisotopic (exact) mass is 335 g/mol. The zero-order chi connectivity index (χ0) is 17.9. The van der Waals surface area contributed by atoms with Gasteiger partial charge in [-0.25, -0.2) is 4.79 Å². The lowest BCUT2D eigenvalue weighted by Crippen LogP contribution is -2.34. The number of hydrogen-bond acceptors (Lipinski definition) is 8. The molecule has 0 bridgehead atoms. The molecule has 0 aromatic heterocycles. The quantitative estimate of drug-likeness (QED) is 0.321. The number of hydrogen-bond donors (Lipinski definition) is 2. The number of nitrogens with zero attached hydrogens (tertiary/aromatic N) is 2. The average molecular weight is 335 g/mol. The first kappa shape index (κ1) is 17.1. The molecular formula is C14H13N3O7. The van der Waals surface area contributed by atoms with Gasteiger partial charge < -0.3 is 15.2 Å². The molecule has 1 aromatic carbocycles. The molecule has 0 fully saturated rings. The minimum absolute atomic E-state index is 0.159. The van der Waals surface area contributed by atoms with E-state index in [0.29, 0.717) is 0 Å². The maximum atomic E-state index is 12.1. The van der Waals surface area contributed by atoms with Crippen molar-refractivity contribution in [1.82, 2.24) is 4.90 Å². The van der Waals surface area contributed by atoms with E-state index in [1.54, 1.807) is 0 Å². The third-order valence-corrected chi connectivity index (χ3v) is 3.24. The molecule has 2 rings (SSSR count). The molecule has 0 spiro atoms. The molecule has 0 saturated carbocycles. The Balaban J connectivity index is 2.44. The average Bonchev–Trinajstić information content (AvgIpc) is 2.82. The predicted molar refractivity (Wildman–Crippen MR) is 79.9 cm³/mol. The van der Waals surface area contributed by atoms with Crippen molar-refractivity contribution in [1.29, 1.82) is 0 Å². The molecule has 2 N–H and O–H groups in total. The number of nitrogens with one attached hydrogen (secondary N) is 1. The topological polar surface area (TPSA) is 139 Å². The van der Waals surface area contributed by atoms with Gasteiger partial charge in [0.2, 0.25) is 0 Å². The molecule has 0 atom stereocenters. The number of β-amino-alcohol motifs (C(OH)–C–C–N with tert-alkyl or cyclic N) is 1. The van der Waals surface area contributed by atoms with E-state index in [1.165, 1.54) is 12.1 Å². The van der Waals surface area contributed by atoms with E-state index in [0.717, 1.165) is 24.2 Å². The number of para-hydroxylation sites is 1. The molecule has 0 unspecified atom stereocenters. The van der Waals surface area contributed by atoms with Crippen LogP contribution in [0.25, 0.3) is 0 Å². The zero-order valence-corrected chi connectivity index (χ0v) is 12.5. The maximum absolute atomic E-state index is 12.1. The third-order valence-electron chi connectivity index (χ3n) is 3.24. The number of methoxy groups -OCH3 is 1. The summed E-state index contributed by atoms with van der Waals surface area (Å²) in [6, 6.07) is 3.72. The van der Waals surface area contributed by atoms with Crippen LogP contribution in [0, 0.1) is 10.1 Å². The summed E-state index contributed by atoms with van der Waals surface area (Å²) < 4.78 is 4.57. The minimum atomic E-state index is -0.842. The van der Waals surface area contributed by atoms with Crippen LogP contribution in [0.15, 0.2) is 30.0 Å². The molecule has 1 aliphatic rings. The van der Waals surface area contributed by atoms with E-state index in [1.807, 2.05) is 0 Å². The van der Waals surface area contributed by atoms with Gasteiger partial charge in [0.05, 0.1) is 30.7 Å². The second-order valence-electron chi connectivity index (χ2n) is 4.65. The first-order chi connectivity index (χ1) is 11.4. The molecule has 1 heterocycles. The van der Waals surface area contributed by atoms with Crippen LogP contribution in [0.2, 0.25) is 0 Å². The lowest BCUT2D eigenvalue weighted by atomic mass is 10.1. The molecule has 10 nitrogen and oxygen atoms in total. The highest BCUT2D eigenvalue weighted by Crippen LogP contribution is 2.31. The second kappa shape index (κ2) is 6.87. The summed E-state index contributed by atoms with van der Waals surface area (Å²) in [6.45, 7) is -0.627. The van der Waals surface area contributed by atoms with Crippen LogP contribution in [-0.2, 0) is 14.3 Å². The number of carbonyl (C=O) groups excluding carboxylic acids is 3. The van der Waals surface area contributed by atoms with Crippen LogP contribution in [0.1, 0.15) is 10.4 Å². The lowest BCUT2D eigenvalue weighted by molar-refractivity contribution is -0.384. The summed E-state index contributed by atoms with van der Waals surface area (Å²) in [6.07, 6.45) is 0.940. The number of nitro groups is 1. The Bertz CT molecular complexity index is 757. The van der Waals surface area contributed by atoms with Crippen LogP contribution >= 0.6 is 0 Å². The van der Waals surface area contributed by atoms with E-state index in [4.69, 9.17) is 5.11 Å². The molecule has 126 valence electrons. The van der Waals surface area contributed by atoms with Gasteiger partial charge in [-0.05, 0) is 6.07 Å². The number of benzene rings is 1. The number of rotatable bonds is 6. The van der Waals surface area contributed by atoms with E-state index < -0.39 is 35.0 Å². The van der Waals surface area contributed by atoms with Crippen molar-refractivity contribution in [3.8, 4) is 0 Å². The van der Waals surface area contributed by atoms with Gasteiger partial charge in [-0.2, -0.15) is 0 Å². The summed E-state index contributed by atoms with van der Waals surface area (Å²) in [5.41, 5.74) is -1.12. The highest BCUT2D eigenvalue weighted by molar-refractivity contribution is 6.18. The molecule has 1 aliphatic heterocycles. The molecule has 24 heavy (non-hydrogen) atoms. The second-order valence-corrected chi connectivity index (χ2v) is 4.65. The zero-order valence-electron chi connectivity index (χ0n) is 12.5. The number of ether oxygens (including phenoxy) is 1. The number of aliphatic hydroxyl groups excluding tert-OH is 1. The number of imide groups is 1. The Morgan fingerprint density at radius 3 is 2.71 bits per heavy atom. The first-order valence-electron chi connectivity index (χ1n) is 6.71. The largest absolute Gasteiger partial charge is 0.465 e. The van der Waals surface area contributed by atoms with Gasteiger partial charge in [0, 0.05) is 12.1 Å². The molecule has 2 amide bonds. The smallest absolute Gasteiger partial charge is 0.340 e. The fourth-order valence-electron chi connectivity index (χ4n) is 2.15. The predicted octanol–water partition coefficient (Wildman–Crippen LogP) is 0.0383. The fraction of sp³-hybridized carbons (Fsp3) is 0.214. The van der Waals surface area contributed by atoms with E-state index in [9.17, 15) is 24.5 Å². The van der Waals surface area contributed by atoms with Crippen molar-refractivity contribution >= 4 is 29.2 Å². The number of nitro benzene ring substituents is 1. The molecular weight excluding hydrogens is 322 g/mol. The summed E-state index contributed by atoms with van der Waals surface area (Å²) in [7, 11) is 1.11. The molecule has 0 aliphatic carbocycles. The SMILES string of the molecule is COC(=O)c1cccc([N+](=O)[O-])c1NC1=CC(=O)N(CCO)C1=O. The van der Waals surface area contributed by atoms with Crippen LogP contribution in [0.5, 0.6) is 0 Å². The third kappa shape index (κ3) is 3.08. The Hall–Kier alpha value is -3.27. The van der Waals surface area contributed by atoms with E-state index >= 15 is 0 Å². The van der Waals surface area contributed by atoms with E-state index in [2.05, 4.69) is 10.1 Å². The Labute approximate surface area is 135 Å². The Morgan fingerprint density at radius 2 is 2.12 bits per heavy atom. The number of amides is 2.